The number of likely N-dealkylation sites (N-methyl/N-ethyl adjacent to an activating group) is 1. The van der Waals surface area contributed by atoms with Crippen LogP contribution in [0.2, 0.25) is 10.0 Å². The minimum atomic E-state index is -0.154. The third-order valence-corrected chi connectivity index (χ3v) is 3.91. The fourth-order valence-corrected chi connectivity index (χ4v) is 2.98. The summed E-state index contributed by atoms with van der Waals surface area (Å²) in [6, 6.07) is 10.5. The highest BCUT2D eigenvalue weighted by Gasteiger charge is 2.12. The molecule has 0 aliphatic carbocycles. The van der Waals surface area contributed by atoms with Crippen LogP contribution in [0.5, 0.6) is 11.5 Å². The van der Waals surface area contributed by atoms with Crippen molar-refractivity contribution in [3.8, 4) is 11.5 Å². The highest BCUT2D eigenvalue weighted by Crippen LogP contribution is 2.29. The van der Waals surface area contributed by atoms with Crippen molar-refractivity contribution in [2.24, 2.45) is 0 Å². The van der Waals surface area contributed by atoms with Crippen molar-refractivity contribution in [3.63, 3.8) is 0 Å². The van der Waals surface area contributed by atoms with Crippen LogP contribution in [0.3, 0.4) is 0 Å². The van der Waals surface area contributed by atoms with Gasteiger partial charge >= 0.3 is 0 Å². The quantitative estimate of drug-likeness (QED) is 0.783. The summed E-state index contributed by atoms with van der Waals surface area (Å²) < 4.78 is 10.4. The van der Waals surface area contributed by atoms with E-state index in [0.717, 1.165) is 5.56 Å². The van der Waals surface area contributed by atoms with Gasteiger partial charge in [0.25, 0.3) is 0 Å². The normalized spacial score (nSPS) is 10.6. The number of amides is 1. The van der Waals surface area contributed by atoms with Crippen LogP contribution in [0.25, 0.3) is 0 Å². The highest BCUT2D eigenvalue weighted by atomic mass is 35.5. The predicted octanol–water partition coefficient (Wildman–Crippen LogP) is 4.08. The lowest BCUT2D eigenvalue weighted by Crippen LogP contribution is -2.30. The van der Waals surface area contributed by atoms with Gasteiger partial charge in [-0.2, -0.15) is 0 Å². The van der Waals surface area contributed by atoms with E-state index in [1.807, 2.05) is 24.1 Å². The van der Waals surface area contributed by atoms with Crippen molar-refractivity contribution in [3.05, 3.63) is 52.0 Å². The molecule has 0 atom stereocenters. The number of benzene rings is 2. The molecule has 2 aromatic carbocycles. The van der Waals surface area contributed by atoms with Gasteiger partial charge in [0.2, 0.25) is 5.91 Å². The Labute approximate surface area is 157 Å². The van der Waals surface area contributed by atoms with Gasteiger partial charge in [0.15, 0.2) is 0 Å². The van der Waals surface area contributed by atoms with Crippen LogP contribution in [0.1, 0.15) is 5.56 Å². The average molecular weight is 383 g/mol. The van der Waals surface area contributed by atoms with Gasteiger partial charge in [-0.25, -0.2) is 0 Å². The molecule has 0 aromatic heterocycles. The first-order chi connectivity index (χ1) is 11.9. The van der Waals surface area contributed by atoms with E-state index in [1.165, 1.54) is 0 Å². The molecular weight excluding hydrogens is 363 g/mol. The van der Waals surface area contributed by atoms with Gasteiger partial charge in [-0.1, -0.05) is 23.2 Å². The van der Waals surface area contributed by atoms with Crippen molar-refractivity contribution in [2.45, 2.75) is 6.54 Å². The van der Waals surface area contributed by atoms with Gasteiger partial charge in [0.1, 0.15) is 11.5 Å². The second-order valence-electron chi connectivity index (χ2n) is 5.56. The lowest BCUT2D eigenvalue weighted by molar-refractivity contribution is -0.117. The summed E-state index contributed by atoms with van der Waals surface area (Å²) in [7, 11) is 4.96. The van der Waals surface area contributed by atoms with Gasteiger partial charge in [-0.05, 0) is 42.9 Å². The molecule has 0 fully saturated rings. The molecule has 0 bridgehead atoms. The zero-order chi connectivity index (χ0) is 18.4. The Hall–Kier alpha value is -1.95. The summed E-state index contributed by atoms with van der Waals surface area (Å²) in [6.07, 6.45) is 0. The molecule has 0 heterocycles. The van der Waals surface area contributed by atoms with Gasteiger partial charge in [0, 0.05) is 22.7 Å². The Balaban J connectivity index is 1.97. The fourth-order valence-electron chi connectivity index (χ4n) is 2.41. The topological polar surface area (TPSA) is 50.8 Å². The van der Waals surface area contributed by atoms with E-state index in [4.69, 9.17) is 32.7 Å². The number of nitrogens with one attached hydrogen (secondary N) is 1. The standard InChI is InChI=1S/C18H20Cl2N2O3/c1-22(10-12-6-13(19)8-14(20)7-12)11-18(23)21-16-5-4-15(24-2)9-17(16)25-3/h4-9H,10-11H2,1-3H3,(H,21,23). The minimum Gasteiger partial charge on any atom is -0.497 e. The summed E-state index contributed by atoms with van der Waals surface area (Å²) in [6.45, 7) is 0.757. The molecule has 1 amide bonds. The molecule has 0 saturated carbocycles. The van der Waals surface area contributed by atoms with E-state index in [-0.39, 0.29) is 12.5 Å². The molecule has 7 heteroatoms. The monoisotopic (exact) mass is 382 g/mol. The molecule has 5 nitrogen and oxygen atoms in total. The average Bonchev–Trinajstić information content (AvgIpc) is 2.53. The van der Waals surface area contributed by atoms with E-state index in [2.05, 4.69) is 5.32 Å². The summed E-state index contributed by atoms with van der Waals surface area (Å²) in [4.78, 5) is 14.1. The number of ether oxygens (including phenoxy) is 2. The maximum absolute atomic E-state index is 12.3. The second-order valence-corrected chi connectivity index (χ2v) is 6.44. The molecule has 2 rings (SSSR count). The van der Waals surface area contributed by atoms with Gasteiger partial charge in [-0.3, -0.25) is 9.69 Å². The Morgan fingerprint density at radius 2 is 1.76 bits per heavy atom. The number of hydrogen-bond acceptors (Lipinski definition) is 4. The summed E-state index contributed by atoms with van der Waals surface area (Å²) in [5.74, 6) is 1.04. The Morgan fingerprint density at radius 1 is 1.08 bits per heavy atom. The number of rotatable bonds is 7. The predicted molar refractivity (Wildman–Crippen MR) is 101 cm³/mol. The van der Waals surface area contributed by atoms with E-state index < -0.39 is 0 Å². The van der Waals surface area contributed by atoms with Crippen molar-refractivity contribution >= 4 is 34.8 Å². The third kappa shape index (κ3) is 5.81. The summed E-state index contributed by atoms with van der Waals surface area (Å²) in [5, 5.41) is 3.98. The number of methoxy groups -OCH3 is 2. The molecule has 25 heavy (non-hydrogen) atoms. The Bertz CT molecular complexity index is 733. The molecule has 0 radical (unpaired) electrons. The summed E-state index contributed by atoms with van der Waals surface area (Å²) >= 11 is 12.0. The fraction of sp³-hybridized carbons (Fsp3) is 0.278. The van der Waals surface area contributed by atoms with Crippen molar-refractivity contribution < 1.29 is 14.3 Å². The molecule has 0 aliphatic rings. The molecule has 0 spiro atoms. The van der Waals surface area contributed by atoms with Gasteiger partial charge < -0.3 is 14.8 Å². The van der Waals surface area contributed by atoms with Crippen LogP contribution >= 0.6 is 23.2 Å². The van der Waals surface area contributed by atoms with Crippen LogP contribution in [0.4, 0.5) is 5.69 Å². The lowest BCUT2D eigenvalue weighted by atomic mass is 10.2. The van der Waals surface area contributed by atoms with Crippen molar-refractivity contribution in [1.82, 2.24) is 4.90 Å². The first-order valence-electron chi connectivity index (χ1n) is 7.56. The first kappa shape index (κ1) is 19.4. The SMILES string of the molecule is COc1ccc(NC(=O)CN(C)Cc2cc(Cl)cc(Cl)c2)c(OC)c1. The number of nitrogens with zero attached hydrogens (tertiary/aromatic N) is 1. The van der Waals surface area contributed by atoms with Gasteiger partial charge in [-0.15, -0.1) is 0 Å². The smallest absolute Gasteiger partial charge is 0.238 e. The maximum atomic E-state index is 12.3. The Morgan fingerprint density at radius 3 is 2.36 bits per heavy atom. The van der Waals surface area contributed by atoms with E-state index in [0.29, 0.717) is 33.8 Å². The second kappa shape index (κ2) is 8.94. The zero-order valence-electron chi connectivity index (χ0n) is 14.3. The number of halogens is 2. The van der Waals surface area contributed by atoms with Crippen LogP contribution in [0, 0.1) is 0 Å². The minimum absolute atomic E-state index is 0.154. The molecule has 1 N–H and O–H groups in total. The molecule has 0 unspecified atom stereocenters. The van der Waals surface area contributed by atoms with Crippen molar-refractivity contribution in [2.75, 3.05) is 33.1 Å². The number of hydrogen-bond donors (Lipinski definition) is 1. The molecule has 0 aliphatic heterocycles. The van der Waals surface area contributed by atoms with Crippen LogP contribution in [-0.4, -0.2) is 38.6 Å². The zero-order valence-corrected chi connectivity index (χ0v) is 15.8. The van der Waals surface area contributed by atoms with E-state index in [1.54, 1.807) is 38.5 Å². The van der Waals surface area contributed by atoms with E-state index >= 15 is 0 Å². The molecule has 2 aromatic rings. The van der Waals surface area contributed by atoms with Gasteiger partial charge in [0.05, 0.1) is 26.5 Å². The Kier molecular flexibility index (Phi) is 6.93. The molecule has 134 valence electrons. The molecular formula is C18H20Cl2N2O3. The molecule has 0 saturated heterocycles. The van der Waals surface area contributed by atoms with Crippen LogP contribution in [-0.2, 0) is 11.3 Å². The number of carbonyl (C=O) groups is 1. The van der Waals surface area contributed by atoms with Crippen LogP contribution < -0.4 is 14.8 Å². The lowest BCUT2D eigenvalue weighted by Gasteiger charge is -2.17. The highest BCUT2D eigenvalue weighted by molar-refractivity contribution is 6.34. The number of carbonyl (C=O) groups excluding carboxylic acids is 1. The van der Waals surface area contributed by atoms with Crippen LogP contribution in [0.15, 0.2) is 36.4 Å². The maximum Gasteiger partial charge on any atom is 0.238 e. The number of anilines is 1. The third-order valence-electron chi connectivity index (χ3n) is 3.47. The summed E-state index contributed by atoms with van der Waals surface area (Å²) in [5.41, 5.74) is 1.53. The van der Waals surface area contributed by atoms with E-state index in [9.17, 15) is 4.79 Å². The largest absolute Gasteiger partial charge is 0.497 e. The van der Waals surface area contributed by atoms with Crippen molar-refractivity contribution in [1.29, 1.82) is 0 Å². The first-order valence-corrected chi connectivity index (χ1v) is 8.32.